The van der Waals surface area contributed by atoms with Gasteiger partial charge in [-0.2, -0.15) is 5.26 Å². The van der Waals surface area contributed by atoms with Crippen molar-refractivity contribution in [2.45, 2.75) is 19.0 Å². The lowest BCUT2D eigenvalue weighted by Gasteiger charge is -2.41. The summed E-state index contributed by atoms with van der Waals surface area (Å²) in [6, 6.07) is 16.4. The van der Waals surface area contributed by atoms with Gasteiger partial charge in [-0.15, -0.1) is 11.3 Å². The SMILES string of the molecule is COc1ccc2sc(C(=N)C(C#N)N3CCN(C(=O)c4ccccc4)CC3C)nc2c1. The van der Waals surface area contributed by atoms with Crippen molar-refractivity contribution < 1.29 is 9.53 Å². The number of carbonyl (C=O) groups is 1. The van der Waals surface area contributed by atoms with E-state index in [0.29, 0.717) is 36.0 Å². The molecule has 1 N–H and O–H groups in total. The van der Waals surface area contributed by atoms with Crippen LogP contribution in [0.3, 0.4) is 0 Å². The number of nitrogens with one attached hydrogen (secondary N) is 1. The van der Waals surface area contributed by atoms with Crippen LogP contribution in [0, 0.1) is 16.7 Å². The van der Waals surface area contributed by atoms with Gasteiger partial charge >= 0.3 is 0 Å². The van der Waals surface area contributed by atoms with Crippen molar-refractivity contribution in [2.24, 2.45) is 0 Å². The molecule has 1 aliphatic rings. The molecule has 1 saturated heterocycles. The quantitative estimate of drug-likeness (QED) is 0.623. The number of carbonyl (C=O) groups excluding carboxylic acids is 1. The molecular weight excluding hydrogens is 410 g/mol. The molecule has 1 aromatic heterocycles. The first-order valence-corrected chi connectivity index (χ1v) is 10.9. The number of methoxy groups -OCH3 is 1. The van der Waals surface area contributed by atoms with Crippen LogP contribution in [-0.4, -0.2) is 65.2 Å². The zero-order valence-corrected chi connectivity index (χ0v) is 18.2. The average molecular weight is 434 g/mol. The molecule has 0 saturated carbocycles. The summed E-state index contributed by atoms with van der Waals surface area (Å²) >= 11 is 1.40. The third-order valence-corrected chi connectivity index (χ3v) is 6.61. The average Bonchev–Trinajstić information content (AvgIpc) is 3.23. The van der Waals surface area contributed by atoms with E-state index in [4.69, 9.17) is 10.1 Å². The Balaban J connectivity index is 1.50. The minimum atomic E-state index is -0.716. The number of fused-ring (bicyclic) bond motifs is 1. The van der Waals surface area contributed by atoms with Gasteiger partial charge in [-0.25, -0.2) is 4.98 Å². The van der Waals surface area contributed by atoms with Crippen LogP contribution in [0.2, 0.25) is 0 Å². The third-order valence-electron chi connectivity index (χ3n) is 5.54. The summed E-state index contributed by atoms with van der Waals surface area (Å²) in [6.07, 6.45) is 0. The third kappa shape index (κ3) is 4.15. The lowest BCUT2D eigenvalue weighted by atomic mass is 10.1. The molecule has 2 unspecified atom stereocenters. The Morgan fingerprint density at radius 1 is 1.29 bits per heavy atom. The number of aromatic nitrogens is 1. The maximum atomic E-state index is 12.8. The van der Waals surface area contributed by atoms with Gasteiger partial charge in [0.2, 0.25) is 0 Å². The van der Waals surface area contributed by atoms with Crippen LogP contribution in [0.4, 0.5) is 0 Å². The smallest absolute Gasteiger partial charge is 0.253 e. The molecule has 0 aliphatic carbocycles. The summed E-state index contributed by atoms with van der Waals surface area (Å²) in [5, 5.41) is 19.1. The fourth-order valence-corrected chi connectivity index (χ4v) is 4.79. The van der Waals surface area contributed by atoms with Crippen molar-refractivity contribution in [1.29, 1.82) is 10.7 Å². The number of ether oxygens (including phenoxy) is 1. The van der Waals surface area contributed by atoms with E-state index in [1.807, 2.05) is 65.3 Å². The summed E-state index contributed by atoms with van der Waals surface area (Å²) < 4.78 is 6.20. The summed E-state index contributed by atoms with van der Waals surface area (Å²) in [5.74, 6) is 0.705. The molecule has 0 radical (unpaired) electrons. The Morgan fingerprint density at radius 2 is 2.06 bits per heavy atom. The number of amides is 1. The van der Waals surface area contributed by atoms with E-state index in [0.717, 1.165) is 10.2 Å². The summed E-state index contributed by atoms with van der Waals surface area (Å²) in [7, 11) is 1.60. The second-order valence-electron chi connectivity index (χ2n) is 7.50. The van der Waals surface area contributed by atoms with Gasteiger partial charge in [0.05, 0.1) is 29.1 Å². The van der Waals surface area contributed by atoms with E-state index in [1.165, 1.54) is 11.3 Å². The summed E-state index contributed by atoms with van der Waals surface area (Å²) in [6.45, 7) is 3.54. The van der Waals surface area contributed by atoms with Crippen LogP contribution in [0.25, 0.3) is 10.2 Å². The van der Waals surface area contributed by atoms with Crippen LogP contribution in [0.5, 0.6) is 5.75 Å². The molecule has 0 spiro atoms. The summed E-state index contributed by atoms with van der Waals surface area (Å²) in [4.78, 5) is 21.2. The lowest BCUT2D eigenvalue weighted by Crippen LogP contribution is -2.58. The molecule has 0 bridgehead atoms. The van der Waals surface area contributed by atoms with Crippen molar-refractivity contribution in [3.63, 3.8) is 0 Å². The molecular formula is C23H23N5O2S. The Kier molecular flexibility index (Phi) is 5.98. The first-order chi connectivity index (χ1) is 15.0. The Hall–Kier alpha value is -3.28. The number of hydrogen-bond acceptors (Lipinski definition) is 7. The van der Waals surface area contributed by atoms with E-state index in [-0.39, 0.29) is 17.7 Å². The van der Waals surface area contributed by atoms with Gasteiger partial charge in [0.1, 0.15) is 16.8 Å². The largest absolute Gasteiger partial charge is 0.497 e. The fourth-order valence-electron chi connectivity index (χ4n) is 3.87. The molecule has 158 valence electrons. The first-order valence-electron chi connectivity index (χ1n) is 10.0. The van der Waals surface area contributed by atoms with Crippen LogP contribution in [0.15, 0.2) is 48.5 Å². The van der Waals surface area contributed by atoms with E-state index in [1.54, 1.807) is 7.11 Å². The normalized spacial score (nSPS) is 17.8. The van der Waals surface area contributed by atoms with Gasteiger partial charge in [-0.3, -0.25) is 15.1 Å². The predicted molar refractivity (Wildman–Crippen MR) is 121 cm³/mol. The number of piperazine rings is 1. The first kappa shape index (κ1) is 21.0. The van der Waals surface area contributed by atoms with E-state index >= 15 is 0 Å². The summed E-state index contributed by atoms with van der Waals surface area (Å²) in [5.41, 5.74) is 1.61. The zero-order chi connectivity index (χ0) is 22.0. The van der Waals surface area contributed by atoms with Gasteiger partial charge in [0.15, 0.2) is 0 Å². The second-order valence-corrected chi connectivity index (χ2v) is 8.53. The Bertz CT molecular complexity index is 1150. The van der Waals surface area contributed by atoms with Crippen molar-refractivity contribution >= 4 is 33.2 Å². The molecule has 31 heavy (non-hydrogen) atoms. The molecule has 7 nitrogen and oxygen atoms in total. The highest BCUT2D eigenvalue weighted by atomic mass is 32.1. The highest BCUT2D eigenvalue weighted by Gasteiger charge is 2.34. The maximum absolute atomic E-state index is 12.8. The van der Waals surface area contributed by atoms with Crippen molar-refractivity contribution in [3.05, 3.63) is 59.1 Å². The maximum Gasteiger partial charge on any atom is 0.253 e. The second kappa shape index (κ2) is 8.84. The van der Waals surface area contributed by atoms with Gasteiger partial charge in [0.25, 0.3) is 5.91 Å². The highest BCUT2D eigenvalue weighted by Crippen LogP contribution is 2.28. The van der Waals surface area contributed by atoms with Crippen LogP contribution < -0.4 is 4.74 Å². The monoisotopic (exact) mass is 433 g/mol. The number of nitrogens with zero attached hydrogens (tertiary/aromatic N) is 4. The molecule has 8 heteroatoms. The van der Waals surface area contributed by atoms with Crippen LogP contribution in [-0.2, 0) is 0 Å². The van der Waals surface area contributed by atoms with Crippen molar-refractivity contribution in [2.75, 3.05) is 26.7 Å². The van der Waals surface area contributed by atoms with Gasteiger partial charge < -0.3 is 9.64 Å². The van der Waals surface area contributed by atoms with Crippen LogP contribution in [0.1, 0.15) is 22.3 Å². The zero-order valence-electron chi connectivity index (χ0n) is 17.4. The fraction of sp³-hybridized carbons (Fsp3) is 0.304. The molecule has 3 aromatic rings. The van der Waals surface area contributed by atoms with Gasteiger partial charge in [0, 0.05) is 37.3 Å². The number of hydrogen-bond donors (Lipinski definition) is 1. The standard InChI is InChI=1S/C23H23N5O2S/c1-15-14-27(23(29)16-6-4-3-5-7-16)10-11-28(15)19(13-24)21(25)22-26-18-12-17(30-2)8-9-20(18)31-22/h3-9,12,15,19,25H,10-11,14H2,1-2H3. The van der Waals surface area contributed by atoms with Crippen molar-refractivity contribution in [1.82, 2.24) is 14.8 Å². The molecule has 2 atom stereocenters. The predicted octanol–water partition coefficient (Wildman–Crippen LogP) is 3.41. The van der Waals surface area contributed by atoms with Gasteiger partial charge in [-0.1, -0.05) is 18.2 Å². The van der Waals surface area contributed by atoms with E-state index in [9.17, 15) is 10.1 Å². The Morgan fingerprint density at radius 3 is 2.74 bits per heavy atom. The lowest BCUT2D eigenvalue weighted by molar-refractivity contribution is 0.0509. The number of nitriles is 1. The van der Waals surface area contributed by atoms with Gasteiger partial charge in [-0.05, 0) is 31.2 Å². The molecule has 1 fully saturated rings. The molecule has 2 aromatic carbocycles. The number of benzene rings is 2. The molecule has 4 rings (SSSR count). The van der Waals surface area contributed by atoms with E-state index in [2.05, 4.69) is 11.1 Å². The van der Waals surface area contributed by atoms with E-state index < -0.39 is 6.04 Å². The number of thiazole rings is 1. The van der Waals surface area contributed by atoms with Crippen molar-refractivity contribution in [3.8, 4) is 11.8 Å². The van der Waals surface area contributed by atoms with Crippen LogP contribution >= 0.6 is 11.3 Å². The Labute approximate surface area is 185 Å². The minimum Gasteiger partial charge on any atom is -0.497 e. The number of rotatable bonds is 5. The topological polar surface area (TPSA) is 93.3 Å². The molecule has 1 amide bonds. The molecule has 1 aliphatic heterocycles. The molecule has 2 heterocycles. The minimum absolute atomic E-state index is 0.00388. The highest BCUT2D eigenvalue weighted by molar-refractivity contribution is 7.20.